The van der Waals surface area contributed by atoms with Crippen molar-refractivity contribution in [3.8, 4) is 5.75 Å². The van der Waals surface area contributed by atoms with Crippen molar-refractivity contribution in [2.24, 2.45) is 4.36 Å². The van der Waals surface area contributed by atoms with Crippen molar-refractivity contribution >= 4 is 31.7 Å². The van der Waals surface area contributed by atoms with Crippen LogP contribution in [0.2, 0.25) is 0 Å². The molecular weight excluding hydrogens is 631 g/mol. The van der Waals surface area contributed by atoms with E-state index in [0.717, 1.165) is 60.7 Å². The van der Waals surface area contributed by atoms with Gasteiger partial charge in [-0.3, -0.25) is 0 Å². The zero-order valence-corrected chi connectivity index (χ0v) is 23.2. The highest BCUT2D eigenvalue weighted by molar-refractivity contribution is 7.91. The molecule has 44 heavy (non-hydrogen) atoms. The van der Waals surface area contributed by atoms with E-state index in [2.05, 4.69) is 19.1 Å². The van der Waals surface area contributed by atoms with Crippen molar-refractivity contribution in [2.45, 2.75) is 41.8 Å². The molecule has 7 nitrogen and oxygen atoms in total. The van der Waals surface area contributed by atoms with E-state index in [4.69, 9.17) is 0 Å². The lowest BCUT2D eigenvalue weighted by Crippen LogP contribution is -2.58. The minimum Gasteiger partial charge on any atom is -0.406 e. The van der Waals surface area contributed by atoms with Gasteiger partial charge in [-0.2, -0.15) is 26.3 Å². The number of hydrogen-bond acceptors (Lipinski definition) is 5. The summed E-state index contributed by atoms with van der Waals surface area (Å²) in [6, 6.07) is 7.39. The maximum atomic E-state index is 13.7. The zero-order chi connectivity index (χ0) is 32.2. The fourth-order valence-electron chi connectivity index (χ4n) is 5.27. The summed E-state index contributed by atoms with van der Waals surface area (Å²) in [6.45, 7) is 0.0568. The van der Waals surface area contributed by atoms with Gasteiger partial charge >= 0.3 is 18.7 Å². The van der Waals surface area contributed by atoms with Crippen LogP contribution in [0.25, 0.3) is 21.8 Å². The van der Waals surface area contributed by atoms with Crippen LogP contribution in [-0.2, 0) is 22.3 Å². The van der Waals surface area contributed by atoms with Crippen molar-refractivity contribution in [1.29, 1.82) is 0 Å². The highest BCUT2D eigenvalue weighted by Gasteiger charge is 2.38. The number of aromatic nitrogens is 1. The minimum absolute atomic E-state index is 0.0209. The summed E-state index contributed by atoms with van der Waals surface area (Å²) in [5.74, 6) is -0.563. The number of nitrogens with one attached hydrogen (secondary N) is 2. The third-order valence-electron chi connectivity index (χ3n) is 7.26. The van der Waals surface area contributed by atoms with Gasteiger partial charge < -0.3 is 19.7 Å². The van der Waals surface area contributed by atoms with Gasteiger partial charge in [0.2, 0.25) is 0 Å². The third kappa shape index (κ3) is 6.18. The van der Waals surface area contributed by atoms with E-state index in [1.165, 1.54) is 11.6 Å². The number of aliphatic hydroxyl groups is 1. The first-order valence-electron chi connectivity index (χ1n) is 12.8. The molecule has 3 aromatic carbocycles. The summed E-state index contributed by atoms with van der Waals surface area (Å²) in [5, 5.41) is 14.3. The van der Waals surface area contributed by atoms with Crippen molar-refractivity contribution < 1.29 is 53.6 Å². The van der Waals surface area contributed by atoms with E-state index < -0.39 is 63.7 Å². The highest BCUT2D eigenvalue weighted by atomic mass is 32.2. The van der Waals surface area contributed by atoms with E-state index in [1.54, 1.807) is 0 Å². The van der Waals surface area contributed by atoms with Crippen molar-refractivity contribution in [1.82, 2.24) is 14.6 Å². The smallest absolute Gasteiger partial charge is 0.406 e. The lowest BCUT2D eigenvalue weighted by Gasteiger charge is -2.37. The lowest BCUT2D eigenvalue weighted by molar-refractivity contribution is -0.274. The van der Waals surface area contributed by atoms with Gasteiger partial charge in [0.25, 0.3) is 0 Å². The molecule has 0 spiro atoms. The Kier molecular flexibility index (Phi) is 8.05. The summed E-state index contributed by atoms with van der Waals surface area (Å²) in [4.78, 5) is -0.0277. The first-order chi connectivity index (χ1) is 20.4. The quantitative estimate of drug-likeness (QED) is 0.222. The van der Waals surface area contributed by atoms with Crippen LogP contribution in [0.4, 0.5) is 39.5 Å². The number of fused-ring (bicyclic) bond motifs is 3. The van der Waals surface area contributed by atoms with Crippen LogP contribution in [0.15, 0.2) is 69.9 Å². The molecule has 3 N–H and O–H groups in total. The van der Waals surface area contributed by atoms with Gasteiger partial charge in [0.15, 0.2) is 0 Å². The molecule has 5 rings (SSSR count). The highest BCUT2D eigenvalue weighted by Crippen LogP contribution is 2.40. The molecule has 0 saturated carbocycles. The molecule has 0 aliphatic carbocycles. The molecule has 4 atom stereocenters. The molecule has 238 valence electrons. The molecule has 0 amide bonds. The SMILES string of the molecule is CN=S(=O)(NC1CNCC(n2c3ccc(C(F)(F)F)cc3c3cc(C(F)(F)F)ccc32)C1O)c1ccc(OC(F)(F)F)cc1. The molecule has 17 heteroatoms. The monoisotopic (exact) mass is 654 g/mol. The Balaban J connectivity index is 1.54. The van der Waals surface area contributed by atoms with E-state index in [-0.39, 0.29) is 39.8 Å². The molecule has 4 unspecified atom stereocenters. The number of halogens is 9. The molecule has 1 aliphatic heterocycles. The topological polar surface area (TPSA) is 87.9 Å². The van der Waals surface area contributed by atoms with Crippen molar-refractivity contribution in [3.05, 3.63) is 71.8 Å². The number of alkyl halides is 9. The summed E-state index contributed by atoms with van der Waals surface area (Å²) < 4.78 is 145. The third-order valence-corrected chi connectivity index (χ3v) is 9.31. The Morgan fingerprint density at radius 2 is 1.39 bits per heavy atom. The molecule has 0 bridgehead atoms. The maximum Gasteiger partial charge on any atom is 0.573 e. The van der Waals surface area contributed by atoms with Gasteiger partial charge in [-0.15, -0.1) is 13.2 Å². The van der Waals surface area contributed by atoms with Gasteiger partial charge in [-0.1, -0.05) is 0 Å². The van der Waals surface area contributed by atoms with Gasteiger partial charge in [-0.05, 0) is 60.7 Å². The molecule has 1 aliphatic rings. The van der Waals surface area contributed by atoms with Gasteiger partial charge in [0, 0.05) is 41.9 Å². The Bertz CT molecular complexity index is 1740. The van der Waals surface area contributed by atoms with E-state index in [9.17, 15) is 48.8 Å². The molecule has 0 radical (unpaired) electrons. The predicted molar refractivity (Wildman–Crippen MR) is 142 cm³/mol. The van der Waals surface area contributed by atoms with Crippen LogP contribution in [0.5, 0.6) is 5.75 Å². The summed E-state index contributed by atoms with van der Waals surface area (Å²) in [7, 11) is -2.35. The fourth-order valence-corrected chi connectivity index (χ4v) is 6.86. The van der Waals surface area contributed by atoms with Crippen molar-refractivity contribution in [2.75, 3.05) is 20.1 Å². The summed E-state index contributed by atoms with van der Waals surface area (Å²) >= 11 is 0. The lowest BCUT2D eigenvalue weighted by atomic mass is 9.99. The number of piperidine rings is 1. The Labute approximate surface area is 243 Å². The number of rotatable bonds is 5. The second-order valence-corrected chi connectivity index (χ2v) is 12.1. The van der Waals surface area contributed by atoms with Crippen LogP contribution >= 0.6 is 0 Å². The van der Waals surface area contributed by atoms with E-state index in [0.29, 0.717) is 0 Å². The van der Waals surface area contributed by atoms with Crippen LogP contribution in [0, 0.1) is 0 Å². The average Bonchev–Trinajstić information content (AvgIpc) is 3.26. The minimum atomic E-state index is -4.95. The van der Waals surface area contributed by atoms with Crippen molar-refractivity contribution in [3.63, 3.8) is 0 Å². The van der Waals surface area contributed by atoms with Gasteiger partial charge in [-0.25, -0.2) is 13.3 Å². The van der Waals surface area contributed by atoms with Crippen LogP contribution in [0.1, 0.15) is 17.2 Å². The van der Waals surface area contributed by atoms with Crippen LogP contribution in [-0.4, -0.2) is 52.5 Å². The van der Waals surface area contributed by atoms with Gasteiger partial charge in [0.1, 0.15) is 15.7 Å². The van der Waals surface area contributed by atoms with Crippen LogP contribution in [0.3, 0.4) is 0 Å². The molecule has 1 saturated heterocycles. The Hall–Kier alpha value is -3.54. The molecule has 2 heterocycles. The second-order valence-electron chi connectivity index (χ2n) is 10.00. The number of nitrogens with zero attached hydrogens (tertiary/aromatic N) is 2. The standard InChI is InChI=1S/C27H23F9N4O3S/c1-37-44(42,17-6-4-16(5-7-17)43-27(34,35)36)39-20-12-38-13-23(24(20)41)40-21-8-2-14(25(28,29)30)10-18(21)19-11-15(26(31,32)33)3-9-22(19)40/h2-11,20,23-24,38,41H,12-13H2,1H3,(H,37,39,42). The first kappa shape index (κ1) is 31.9. The summed E-state index contributed by atoms with van der Waals surface area (Å²) in [5.41, 5.74) is -1.89. The van der Waals surface area contributed by atoms with E-state index >= 15 is 0 Å². The van der Waals surface area contributed by atoms with Gasteiger partial charge in [0.05, 0.1) is 34.2 Å². The molecule has 1 aromatic heterocycles. The second kappa shape index (κ2) is 11.1. The largest absolute Gasteiger partial charge is 0.573 e. The predicted octanol–water partition coefficient (Wildman–Crippen LogP) is 6.27. The fraction of sp³-hybridized carbons (Fsp3) is 0.333. The maximum absolute atomic E-state index is 13.7. The molecule has 4 aromatic rings. The number of ether oxygens (including phenoxy) is 1. The van der Waals surface area contributed by atoms with E-state index in [1.807, 2.05) is 0 Å². The number of hydrogen-bond donors (Lipinski definition) is 3. The first-order valence-corrected chi connectivity index (χ1v) is 14.3. The average molecular weight is 655 g/mol. The number of aliphatic hydroxyl groups excluding tert-OH is 1. The summed E-state index contributed by atoms with van der Waals surface area (Å²) in [6.07, 6.45) is -15.9. The number of benzene rings is 3. The normalized spacial score (nSPS) is 21.4. The Morgan fingerprint density at radius 3 is 1.84 bits per heavy atom. The Morgan fingerprint density at radius 1 is 0.864 bits per heavy atom. The molecular formula is C27H23F9N4O3S. The molecule has 1 fully saturated rings. The van der Waals surface area contributed by atoms with Crippen LogP contribution < -0.4 is 14.8 Å². The zero-order valence-electron chi connectivity index (χ0n) is 22.4.